The molecule has 1 aromatic rings. The Labute approximate surface area is 111 Å². The van der Waals surface area contributed by atoms with Crippen molar-refractivity contribution in [2.75, 3.05) is 12.9 Å². The smallest absolute Gasteiger partial charge is 0.306 e. The third-order valence-corrected chi connectivity index (χ3v) is 4.69. The van der Waals surface area contributed by atoms with Crippen molar-refractivity contribution < 1.29 is 9.53 Å². The number of ether oxygens (including phenoxy) is 1. The molecule has 0 radical (unpaired) electrons. The predicted molar refractivity (Wildman–Crippen MR) is 71.2 cm³/mol. The summed E-state index contributed by atoms with van der Waals surface area (Å²) < 4.78 is 4.74. The van der Waals surface area contributed by atoms with E-state index in [2.05, 4.69) is 4.98 Å². The van der Waals surface area contributed by atoms with Crippen molar-refractivity contribution in [1.29, 1.82) is 0 Å². The topological polar surface area (TPSA) is 65.2 Å². The number of aromatic nitrogens is 1. The SMILES string of the molecule is COC(=O)CC1(CSc2ncccc2CN)CC1. The fourth-order valence-corrected chi connectivity index (χ4v) is 3.16. The number of nitrogens with two attached hydrogens (primary N) is 1. The summed E-state index contributed by atoms with van der Waals surface area (Å²) in [4.78, 5) is 15.7. The highest BCUT2D eigenvalue weighted by molar-refractivity contribution is 7.99. The van der Waals surface area contributed by atoms with Gasteiger partial charge in [0.1, 0.15) is 5.03 Å². The average molecular weight is 266 g/mol. The van der Waals surface area contributed by atoms with Gasteiger partial charge in [-0.25, -0.2) is 4.98 Å². The van der Waals surface area contributed by atoms with Gasteiger partial charge >= 0.3 is 5.97 Å². The van der Waals surface area contributed by atoms with Gasteiger partial charge in [-0.2, -0.15) is 0 Å². The van der Waals surface area contributed by atoms with E-state index < -0.39 is 0 Å². The van der Waals surface area contributed by atoms with Crippen LogP contribution in [0.1, 0.15) is 24.8 Å². The van der Waals surface area contributed by atoms with E-state index in [1.165, 1.54) is 7.11 Å². The molecule has 1 saturated carbocycles. The van der Waals surface area contributed by atoms with Crippen molar-refractivity contribution in [3.63, 3.8) is 0 Å². The maximum absolute atomic E-state index is 11.3. The monoisotopic (exact) mass is 266 g/mol. The lowest BCUT2D eigenvalue weighted by atomic mass is 10.1. The molecule has 1 heterocycles. The minimum Gasteiger partial charge on any atom is -0.469 e. The molecule has 1 aliphatic carbocycles. The normalized spacial score (nSPS) is 16.3. The number of nitrogens with zero attached hydrogens (tertiary/aromatic N) is 1. The maximum Gasteiger partial charge on any atom is 0.306 e. The van der Waals surface area contributed by atoms with Crippen LogP contribution >= 0.6 is 11.8 Å². The summed E-state index contributed by atoms with van der Waals surface area (Å²) in [7, 11) is 1.44. The number of thioether (sulfide) groups is 1. The van der Waals surface area contributed by atoms with Gasteiger partial charge in [0.25, 0.3) is 0 Å². The van der Waals surface area contributed by atoms with Crippen LogP contribution in [-0.4, -0.2) is 23.8 Å². The largest absolute Gasteiger partial charge is 0.469 e. The van der Waals surface area contributed by atoms with Crippen molar-refractivity contribution >= 4 is 17.7 Å². The van der Waals surface area contributed by atoms with Crippen LogP contribution in [0.2, 0.25) is 0 Å². The van der Waals surface area contributed by atoms with Gasteiger partial charge in [-0.1, -0.05) is 6.07 Å². The standard InChI is InChI=1S/C13H18N2O2S/c1-17-11(16)7-13(4-5-13)9-18-12-10(8-14)3-2-6-15-12/h2-3,6H,4-5,7-9,14H2,1H3. The molecule has 0 unspecified atom stereocenters. The van der Waals surface area contributed by atoms with Crippen LogP contribution in [0.5, 0.6) is 0 Å². The number of pyridine rings is 1. The zero-order valence-electron chi connectivity index (χ0n) is 10.5. The van der Waals surface area contributed by atoms with Gasteiger partial charge in [0, 0.05) is 18.5 Å². The number of hydrogen-bond donors (Lipinski definition) is 1. The number of esters is 1. The summed E-state index contributed by atoms with van der Waals surface area (Å²) in [6.07, 6.45) is 4.49. The summed E-state index contributed by atoms with van der Waals surface area (Å²) in [5, 5.41) is 0.983. The summed E-state index contributed by atoms with van der Waals surface area (Å²) in [6, 6.07) is 3.89. The summed E-state index contributed by atoms with van der Waals surface area (Å²) in [5.41, 5.74) is 6.87. The number of carbonyl (C=O) groups excluding carboxylic acids is 1. The van der Waals surface area contributed by atoms with Crippen LogP contribution in [0.25, 0.3) is 0 Å². The summed E-state index contributed by atoms with van der Waals surface area (Å²) in [5.74, 6) is 0.791. The van der Waals surface area contributed by atoms with Crippen LogP contribution < -0.4 is 5.73 Å². The highest BCUT2D eigenvalue weighted by Gasteiger charge is 2.44. The molecule has 1 fully saturated rings. The molecule has 0 aliphatic heterocycles. The van der Waals surface area contributed by atoms with Gasteiger partial charge in [0.05, 0.1) is 13.5 Å². The van der Waals surface area contributed by atoms with Crippen LogP contribution in [0.15, 0.2) is 23.4 Å². The van der Waals surface area contributed by atoms with E-state index in [9.17, 15) is 4.79 Å². The Balaban J connectivity index is 1.93. The molecule has 0 spiro atoms. The minimum absolute atomic E-state index is 0.117. The lowest BCUT2D eigenvalue weighted by molar-refractivity contribution is -0.141. The molecule has 4 nitrogen and oxygen atoms in total. The third-order valence-electron chi connectivity index (χ3n) is 3.29. The fraction of sp³-hybridized carbons (Fsp3) is 0.538. The quantitative estimate of drug-likeness (QED) is 0.630. The first kappa shape index (κ1) is 13.4. The average Bonchev–Trinajstić information content (AvgIpc) is 3.16. The van der Waals surface area contributed by atoms with E-state index in [-0.39, 0.29) is 11.4 Å². The van der Waals surface area contributed by atoms with E-state index in [0.29, 0.717) is 13.0 Å². The van der Waals surface area contributed by atoms with Gasteiger partial charge in [-0.3, -0.25) is 4.79 Å². The first-order valence-corrected chi connectivity index (χ1v) is 7.01. The third kappa shape index (κ3) is 3.23. The molecule has 0 atom stereocenters. The Morgan fingerprint density at radius 3 is 3.00 bits per heavy atom. The molecule has 98 valence electrons. The van der Waals surface area contributed by atoms with Crippen molar-refractivity contribution in [3.05, 3.63) is 23.9 Å². The lowest BCUT2D eigenvalue weighted by Crippen LogP contribution is -2.13. The highest BCUT2D eigenvalue weighted by atomic mass is 32.2. The van der Waals surface area contributed by atoms with Gasteiger partial charge in [-0.05, 0) is 29.9 Å². The molecule has 1 aromatic heterocycles. The minimum atomic E-state index is -0.117. The molecular formula is C13H18N2O2S. The fourth-order valence-electron chi connectivity index (χ4n) is 1.86. The highest BCUT2D eigenvalue weighted by Crippen LogP contribution is 2.52. The molecule has 2 N–H and O–H groups in total. The second-order valence-corrected chi connectivity index (χ2v) is 5.68. The zero-order chi connectivity index (χ0) is 13.0. The Bertz CT molecular complexity index is 433. The van der Waals surface area contributed by atoms with E-state index >= 15 is 0 Å². The van der Waals surface area contributed by atoms with E-state index in [4.69, 9.17) is 10.5 Å². The number of carbonyl (C=O) groups is 1. The molecule has 18 heavy (non-hydrogen) atoms. The first-order chi connectivity index (χ1) is 8.69. The molecule has 1 aliphatic rings. The molecular weight excluding hydrogens is 248 g/mol. The lowest BCUT2D eigenvalue weighted by Gasteiger charge is -2.13. The van der Waals surface area contributed by atoms with Crippen molar-refractivity contribution in [3.8, 4) is 0 Å². The molecule has 0 bridgehead atoms. The van der Waals surface area contributed by atoms with Crippen LogP contribution in [0, 0.1) is 5.41 Å². The number of methoxy groups -OCH3 is 1. The van der Waals surface area contributed by atoms with Gasteiger partial charge in [0.2, 0.25) is 0 Å². The Kier molecular flexibility index (Phi) is 4.24. The molecule has 0 saturated heterocycles. The van der Waals surface area contributed by atoms with Crippen molar-refractivity contribution in [1.82, 2.24) is 4.98 Å². The van der Waals surface area contributed by atoms with Crippen LogP contribution in [-0.2, 0) is 16.1 Å². The number of rotatable bonds is 6. The maximum atomic E-state index is 11.3. The van der Waals surface area contributed by atoms with Crippen molar-refractivity contribution in [2.24, 2.45) is 11.1 Å². The zero-order valence-corrected chi connectivity index (χ0v) is 11.3. The Morgan fingerprint density at radius 1 is 1.61 bits per heavy atom. The summed E-state index contributed by atoms with van der Waals surface area (Å²) >= 11 is 1.69. The van der Waals surface area contributed by atoms with Gasteiger partial charge < -0.3 is 10.5 Å². The van der Waals surface area contributed by atoms with E-state index in [0.717, 1.165) is 29.2 Å². The molecule has 2 rings (SSSR count). The summed E-state index contributed by atoms with van der Waals surface area (Å²) in [6.45, 7) is 0.500. The first-order valence-electron chi connectivity index (χ1n) is 6.03. The van der Waals surface area contributed by atoms with Crippen LogP contribution in [0.4, 0.5) is 0 Å². The predicted octanol–water partition coefficient (Wildman–Crippen LogP) is 1.98. The molecule has 5 heteroatoms. The Morgan fingerprint density at radius 2 is 2.39 bits per heavy atom. The van der Waals surface area contributed by atoms with Gasteiger partial charge in [0.15, 0.2) is 0 Å². The molecule has 0 amide bonds. The Hall–Kier alpha value is -1.07. The van der Waals surface area contributed by atoms with Crippen LogP contribution in [0.3, 0.4) is 0 Å². The second-order valence-electron chi connectivity index (χ2n) is 4.71. The molecule has 0 aromatic carbocycles. The number of hydrogen-bond acceptors (Lipinski definition) is 5. The van der Waals surface area contributed by atoms with Gasteiger partial charge in [-0.15, -0.1) is 11.8 Å². The van der Waals surface area contributed by atoms with Crippen molar-refractivity contribution in [2.45, 2.75) is 30.8 Å². The van der Waals surface area contributed by atoms with E-state index in [1.807, 2.05) is 12.1 Å². The van der Waals surface area contributed by atoms with E-state index in [1.54, 1.807) is 18.0 Å². The second kappa shape index (κ2) is 5.71.